The van der Waals surface area contributed by atoms with Gasteiger partial charge in [0.2, 0.25) is 11.8 Å². The van der Waals surface area contributed by atoms with Gasteiger partial charge in [0.25, 0.3) is 0 Å². The molecule has 6 nitrogen and oxygen atoms in total. The number of hydrogen-bond donors (Lipinski definition) is 1. The number of para-hydroxylation sites is 3. The summed E-state index contributed by atoms with van der Waals surface area (Å²) in [7, 11) is 0. The second kappa shape index (κ2) is 7.84. The number of primary amides is 1. The number of aryl methyl sites for hydroxylation is 1. The van der Waals surface area contributed by atoms with Crippen molar-refractivity contribution in [3.63, 3.8) is 0 Å². The zero-order valence-corrected chi connectivity index (χ0v) is 15.8. The van der Waals surface area contributed by atoms with E-state index in [1.807, 2.05) is 53.4 Å². The number of imidazole rings is 1. The highest BCUT2D eigenvalue weighted by atomic mass is 16.2. The predicted octanol–water partition coefficient (Wildman–Crippen LogP) is 2.68. The molecular weight excluding hydrogens is 352 g/mol. The van der Waals surface area contributed by atoms with Crippen LogP contribution in [0.15, 0.2) is 54.6 Å². The number of carbonyl (C=O) groups is 2. The third-order valence-electron chi connectivity index (χ3n) is 5.46. The molecule has 144 valence electrons. The van der Waals surface area contributed by atoms with Crippen LogP contribution in [0.5, 0.6) is 0 Å². The number of piperidine rings is 1. The first-order valence-corrected chi connectivity index (χ1v) is 9.72. The van der Waals surface area contributed by atoms with Crippen LogP contribution in [0.1, 0.15) is 25.1 Å². The number of amides is 2. The van der Waals surface area contributed by atoms with Crippen LogP contribution in [0.25, 0.3) is 16.7 Å². The summed E-state index contributed by atoms with van der Waals surface area (Å²) in [6, 6.07) is 18.1. The average Bonchev–Trinajstić information content (AvgIpc) is 3.11. The van der Waals surface area contributed by atoms with Crippen molar-refractivity contribution < 1.29 is 9.59 Å². The molecule has 1 saturated heterocycles. The van der Waals surface area contributed by atoms with E-state index in [1.165, 1.54) is 0 Å². The minimum atomic E-state index is -0.260. The van der Waals surface area contributed by atoms with Crippen molar-refractivity contribution in [3.8, 4) is 5.69 Å². The Morgan fingerprint density at radius 3 is 2.39 bits per heavy atom. The third kappa shape index (κ3) is 3.63. The Morgan fingerprint density at radius 1 is 1.00 bits per heavy atom. The molecule has 2 amide bonds. The second-order valence-corrected chi connectivity index (χ2v) is 7.25. The molecule has 1 aromatic heterocycles. The summed E-state index contributed by atoms with van der Waals surface area (Å²) in [5.74, 6) is 0.623. The summed E-state index contributed by atoms with van der Waals surface area (Å²) in [5.41, 5.74) is 8.39. The van der Waals surface area contributed by atoms with Gasteiger partial charge in [0.05, 0.1) is 11.0 Å². The van der Waals surface area contributed by atoms with Crippen LogP contribution < -0.4 is 5.73 Å². The Hall–Kier alpha value is -3.15. The number of nitrogens with zero attached hydrogens (tertiary/aromatic N) is 3. The van der Waals surface area contributed by atoms with Gasteiger partial charge in [-0.25, -0.2) is 4.98 Å². The summed E-state index contributed by atoms with van der Waals surface area (Å²) >= 11 is 0. The molecule has 0 saturated carbocycles. The fourth-order valence-electron chi connectivity index (χ4n) is 3.90. The molecule has 0 radical (unpaired) electrons. The first-order chi connectivity index (χ1) is 13.6. The van der Waals surface area contributed by atoms with Crippen LogP contribution >= 0.6 is 0 Å². The van der Waals surface area contributed by atoms with Gasteiger partial charge in [-0.3, -0.25) is 14.2 Å². The molecule has 4 rings (SSSR count). The Labute approximate surface area is 164 Å². The summed E-state index contributed by atoms with van der Waals surface area (Å²) in [6.07, 6.45) is 2.28. The Kier molecular flexibility index (Phi) is 5.10. The molecule has 0 atom stereocenters. The highest BCUT2D eigenvalue weighted by Crippen LogP contribution is 2.23. The third-order valence-corrected chi connectivity index (χ3v) is 5.46. The summed E-state index contributed by atoms with van der Waals surface area (Å²) in [4.78, 5) is 30.6. The van der Waals surface area contributed by atoms with Crippen molar-refractivity contribution in [2.24, 2.45) is 11.7 Å². The molecule has 1 aliphatic heterocycles. The van der Waals surface area contributed by atoms with E-state index in [2.05, 4.69) is 10.6 Å². The van der Waals surface area contributed by atoms with Crippen LogP contribution in [-0.4, -0.2) is 39.4 Å². The first kappa shape index (κ1) is 18.2. The van der Waals surface area contributed by atoms with E-state index in [9.17, 15) is 9.59 Å². The maximum absolute atomic E-state index is 12.7. The molecule has 0 spiro atoms. The minimum absolute atomic E-state index is 0.105. The molecule has 0 unspecified atom stereocenters. The molecule has 2 heterocycles. The maximum atomic E-state index is 12.7. The Morgan fingerprint density at radius 2 is 1.68 bits per heavy atom. The molecule has 28 heavy (non-hydrogen) atoms. The SMILES string of the molecule is NC(=O)C1CCN(C(=O)CCc2nc3ccccc3n2-c2ccccc2)CC1. The zero-order chi connectivity index (χ0) is 19.5. The fourth-order valence-corrected chi connectivity index (χ4v) is 3.90. The second-order valence-electron chi connectivity index (χ2n) is 7.25. The van der Waals surface area contributed by atoms with Crippen molar-refractivity contribution in [2.75, 3.05) is 13.1 Å². The van der Waals surface area contributed by atoms with Gasteiger partial charge in [0.1, 0.15) is 5.82 Å². The Bertz CT molecular complexity index is 988. The van der Waals surface area contributed by atoms with Gasteiger partial charge < -0.3 is 10.6 Å². The lowest BCUT2D eigenvalue weighted by Crippen LogP contribution is -2.41. The molecular formula is C22H24N4O2. The standard InChI is InChI=1S/C22H24N4O2/c23-22(28)16-12-14-25(15-13-16)21(27)11-10-20-24-18-8-4-5-9-19(18)26(20)17-6-2-1-3-7-17/h1-9,16H,10-15H2,(H2,23,28). The van der Waals surface area contributed by atoms with E-state index in [0.29, 0.717) is 38.8 Å². The molecule has 2 N–H and O–H groups in total. The predicted molar refractivity (Wildman–Crippen MR) is 108 cm³/mol. The highest BCUT2D eigenvalue weighted by molar-refractivity contribution is 5.80. The van der Waals surface area contributed by atoms with Crippen molar-refractivity contribution in [1.29, 1.82) is 0 Å². The topological polar surface area (TPSA) is 81.2 Å². The van der Waals surface area contributed by atoms with Gasteiger partial charge >= 0.3 is 0 Å². The highest BCUT2D eigenvalue weighted by Gasteiger charge is 2.26. The van der Waals surface area contributed by atoms with Crippen LogP contribution in [-0.2, 0) is 16.0 Å². The largest absolute Gasteiger partial charge is 0.369 e. The number of benzene rings is 2. The summed E-state index contributed by atoms with van der Waals surface area (Å²) in [5, 5.41) is 0. The number of hydrogen-bond acceptors (Lipinski definition) is 3. The van der Waals surface area contributed by atoms with Gasteiger partial charge in [0.15, 0.2) is 0 Å². The quantitative estimate of drug-likeness (QED) is 0.743. The monoisotopic (exact) mass is 376 g/mol. The number of carbonyl (C=O) groups excluding carboxylic acids is 2. The minimum Gasteiger partial charge on any atom is -0.369 e. The van der Waals surface area contributed by atoms with Gasteiger partial charge in [-0.2, -0.15) is 0 Å². The van der Waals surface area contributed by atoms with Crippen molar-refractivity contribution in [1.82, 2.24) is 14.5 Å². The molecule has 0 bridgehead atoms. The lowest BCUT2D eigenvalue weighted by atomic mass is 9.96. The molecule has 1 fully saturated rings. The van der Waals surface area contributed by atoms with E-state index in [1.54, 1.807) is 0 Å². The van der Waals surface area contributed by atoms with Crippen LogP contribution in [0.3, 0.4) is 0 Å². The van der Waals surface area contributed by atoms with Crippen LogP contribution in [0.4, 0.5) is 0 Å². The Balaban J connectivity index is 1.51. The lowest BCUT2D eigenvalue weighted by molar-refractivity contribution is -0.134. The zero-order valence-electron chi connectivity index (χ0n) is 15.8. The van der Waals surface area contributed by atoms with Gasteiger partial charge in [-0.05, 0) is 37.1 Å². The molecule has 3 aromatic rings. The molecule has 0 aliphatic carbocycles. The van der Waals surface area contributed by atoms with Crippen molar-refractivity contribution in [2.45, 2.75) is 25.7 Å². The normalized spacial score (nSPS) is 15.1. The van der Waals surface area contributed by atoms with Crippen LogP contribution in [0.2, 0.25) is 0 Å². The fraction of sp³-hybridized carbons (Fsp3) is 0.318. The van der Waals surface area contributed by atoms with Crippen molar-refractivity contribution >= 4 is 22.8 Å². The van der Waals surface area contributed by atoms with E-state index < -0.39 is 0 Å². The number of fused-ring (bicyclic) bond motifs is 1. The molecule has 2 aromatic carbocycles. The van der Waals surface area contributed by atoms with Gasteiger partial charge in [-0.15, -0.1) is 0 Å². The smallest absolute Gasteiger partial charge is 0.223 e. The van der Waals surface area contributed by atoms with E-state index >= 15 is 0 Å². The molecule has 1 aliphatic rings. The van der Waals surface area contributed by atoms with E-state index in [0.717, 1.165) is 22.5 Å². The summed E-state index contributed by atoms with van der Waals surface area (Å²) < 4.78 is 2.13. The van der Waals surface area contributed by atoms with E-state index in [-0.39, 0.29) is 17.7 Å². The van der Waals surface area contributed by atoms with E-state index in [4.69, 9.17) is 10.7 Å². The number of nitrogens with two attached hydrogens (primary N) is 1. The van der Waals surface area contributed by atoms with Gasteiger partial charge in [-0.1, -0.05) is 30.3 Å². The average molecular weight is 376 g/mol. The lowest BCUT2D eigenvalue weighted by Gasteiger charge is -2.30. The number of aromatic nitrogens is 2. The van der Waals surface area contributed by atoms with Crippen molar-refractivity contribution in [3.05, 3.63) is 60.4 Å². The van der Waals surface area contributed by atoms with Gasteiger partial charge in [0, 0.05) is 37.5 Å². The van der Waals surface area contributed by atoms with Crippen LogP contribution in [0, 0.1) is 5.92 Å². The maximum Gasteiger partial charge on any atom is 0.223 e. The number of likely N-dealkylation sites (tertiary alicyclic amines) is 1. The summed E-state index contributed by atoms with van der Waals surface area (Å²) in [6.45, 7) is 1.20. The number of rotatable bonds is 5. The molecule has 6 heteroatoms. The first-order valence-electron chi connectivity index (χ1n) is 9.72.